The highest BCUT2D eigenvalue weighted by molar-refractivity contribution is 7.52. The average molecular weight is 834 g/mol. The SMILES string of the molecule is CCCCCOP(C)(=O)OCC1C[C@@H](O)CN1C(=O)CCCCCCC(=O)Oc1c(C)c(C)c2c(c1C)CC[C@@](C)(CCC[C@H](C)CCC[C@H](C)CCCC(C)C)O2. The number of aliphatic hydroxyl groups excluding tert-OH is 1. The summed E-state index contributed by atoms with van der Waals surface area (Å²) in [7, 11) is -3.22. The monoisotopic (exact) mass is 834 g/mol. The zero-order valence-corrected chi connectivity index (χ0v) is 39.5. The van der Waals surface area contributed by atoms with Gasteiger partial charge in [0.15, 0.2) is 0 Å². The fraction of sp³-hybridized carbons (Fsp3) is 0.833. The molecule has 334 valence electrons. The van der Waals surface area contributed by atoms with Crippen molar-refractivity contribution >= 4 is 19.5 Å². The largest absolute Gasteiger partial charge is 0.487 e. The third kappa shape index (κ3) is 17.2. The summed E-state index contributed by atoms with van der Waals surface area (Å²) in [4.78, 5) is 27.8. The summed E-state index contributed by atoms with van der Waals surface area (Å²) >= 11 is 0. The van der Waals surface area contributed by atoms with Crippen LogP contribution in [0.2, 0.25) is 0 Å². The summed E-state index contributed by atoms with van der Waals surface area (Å²) in [6.07, 6.45) is 19.8. The standard InChI is InChI=1S/C48H84NO8P/c1-11-12-17-31-54-58(10,53)55-34-41-32-42(50)33-49(41)44(51)26-15-13-14-16-27-45(52)56-46-38(6)39(7)47-43(40(46)8)28-30-48(9,57-47)29-20-25-37(5)24-19-23-36(4)22-18-21-35(2)3/h35-37,41-42,50H,11-34H2,1-10H3/t36-,37-,41?,42-,48-,58?/m1/s1. The number of amides is 1. The molecule has 1 N–H and O–H groups in total. The van der Waals surface area contributed by atoms with E-state index in [1.807, 2.05) is 6.92 Å². The molecule has 1 amide bonds. The first-order valence-corrected chi connectivity index (χ1v) is 25.3. The van der Waals surface area contributed by atoms with Crippen molar-refractivity contribution in [2.24, 2.45) is 17.8 Å². The molecule has 58 heavy (non-hydrogen) atoms. The summed E-state index contributed by atoms with van der Waals surface area (Å²) in [5, 5.41) is 10.3. The number of esters is 1. The van der Waals surface area contributed by atoms with Gasteiger partial charge in [-0.3, -0.25) is 14.2 Å². The van der Waals surface area contributed by atoms with E-state index in [4.69, 9.17) is 18.5 Å². The minimum atomic E-state index is -3.22. The van der Waals surface area contributed by atoms with Crippen LogP contribution in [0.3, 0.4) is 0 Å². The Kier molecular flexibility index (Phi) is 21.8. The molecule has 1 aromatic carbocycles. The van der Waals surface area contributed by atoms with Crippen LogP contribution >= 0.6 is 7.60 Å². The number of hydrogen-bond acceptors (Lipinski definition) is 8. The van der Waals surface area contributed by atoms with E-state index in [-0.39, 0.29) is 36.7 Å². The Morgan fingerprint density at radius 1 is 0.845 bits per heavy atom. The van der Waals surface area contributed by atoms with Crippen molar-refractivity contribution < 1.29 is 37.8 Å². The van der Waals surface area contributed by atoms with Crippen LogP contribution in [-0.2, 0) is 29.6 Å². The number of nitrogens with zero attached hydrogens (tertiary/aromatic N) is 1. The molecule has 0 saturated carbocycles. The van der Waals surface area contributed by atoms with E-state index in [0.717, 1.165) is 91.6 Å². The van der Waals surface area contributed by atoms with Crippen LogP contribution in [0.1, 0.15) is 192 Å². The van der Waals surface area contributed by atoms with Gasteiger partial charge in [-0.05, 0) is 114 Å². The fourth-order valence-corrected chi connectivity index (χ4v) is 9.80. The lowest BCUT2D eigenvalue weighted by Crippen LogP contribution is -2.38. The number of fused-ring (bicyclic) bond motifs is 1. The van der Waals surface area contributed by atoms with E-state index in [1.165, 1.54) is 63.6 Å². The van der Waals surface area contributed by atoms with Gasteiger partial charge in [0.05, 0.1) is 25.4 Å². The molecule has 0 aromatic heterocycles. The predicted molar refractivity (Wildman–Crippen MR) is 237 cm³/mol. The topological polar surface area (TPSA) is 112 Å². The van der Waals surface area contributed by atoms with Crippen LogP contribution in [-0.4, -0.2) is 66.1 Å². The number of carbonyl (C=O) groups is 2. The number of hydrogen-bond donors (Lipinski definition) is 1. The third-order valence-electron chi connectivity index (χ3n) is 12.9. The number of likely N-dealkylation sites (tertiary alicyclic amines) is 1. The van der Waals surface area contributed by atoms with E-state index in [1.54, 1.807) is 4.90 Å². The second kappa shape index (κ2) is 25.1. The van der Waals surface area contributed by atoms with E-state index < -0.39 is 13.7 Å². The normalized spacial score (nSPS) is 21.4. The van der Waals surface area contributed by atoms with Crippen molar-refractivity contribution in [3.05, 3.63) is 22.3 Å². The molecule has 0 radical (unpaired) electrons. The summed E-state index contributed by atoms with van der Waals surface area (Å²) in [6, 6.07) is -0.322. The van der Waals surface area contributed by atoms with Crippen molar-refractivity contribution in [3.8, 4) is 11.5 Å². The molecule has 10 heteroatoms. The average Bonchev–Trinajstić information content (AvgIpc) is 3.55. The van der Waals surface area contributed by atoms with Gasteiger partial charge >= 0.3 is 13.6 Å². The van der Waals surface area contributed by atoms with E-state index in [0.29, 0.717) is 44.5 Å². The Morgan fingerprint density at radius 2 is 1.48 bits per heavy atom. The molecule has 2 unspecified atom stereocenters. The molecule has 3 rings (SSSR count). The highest BCUT2D eigenvalue weighted by atomic mass is 31.2. The first-order chi connectivity index (χ1) is 27.4. The quantitative estimate of drug-likeness (QED) is 0.0384. The summed E-state index contributed by atoms with van der Waals surface area (Å²) in [6.45, 7) is 22.2. The van der Waals surface area contributed by atoms with E-state index in [9.17, 15) is 19.3 Å². The Balaban J connectivity index is 1.37. The molecule has 1 aromatic rings. The molecule has 2 heterocycles. The first kappa shape index (κ1) is 50.4. The van der Waals surface area contributed by atoms with Gasteiger partial charge in [-0.15, -0.1) is 0 Å². The molecule has 0 bridgehead atoms. The van der Waals surface area contributed by atoms with Crippen LogP contribution in [0.4, 0.5) is 0 Å². The van der Waals surface area contributed by atoms with Crippen molar-refractivity contribution in [2.75, 3.05) is 26.4 Å². The summed E-state index contributed by atoms with van der Waals surface area (Å²) < 4.78 is 36.7. The maximum absolute atomic E-state index is 13.1. The second-order valence-corrected chi connectivity index (χ2v) is 21.1. The molecular formula is C48H84NO8P. The van der Waals surface area contributed by atoms with Gasteiger partial charge < -0.3 is 28.5 Å². The van der Waals surface area contributed by atoms with Crippen molar-refractivity contribution in [3.63, 3.8) is 0 Å². The zero-order valence-electron chi connectivity index (χ0n) is 38.6. The fourth-order valence-electron chi connectivity index (χ4n) is 8.82. The molecule has 2 aliphatic rings. The number of aliphatic hydroxyl groups is 1. The predicted octanol–water partition coefficient (Wildman–Crippen LogP) is 12.4. The van der Waals surface area contributed by atoms with Crippen LogP contribution in [0, 0.1) is 38.5 Å². The molecule has 0 aliphatic carbocycles. The summed E-state index contributed by atoms with van der Waals surface area (Å²) in [5.41, 5.74) is 4.03. The maximum Gasteiger partial charge on any atom is 0.327 e. The highest BCUT2D eigenvalue weighted by Crippen LogP contribution is 2.46. The molecular weight excluding hydrogens is 750 g/mol. The zero-order chi connectivity index (χ0) is 42.9. The van der Waals surface area contributed by atoms with Gasteiger partial charge in [0.25, 0.3) is 0 Å². The lowest BCUT2D eigenvalue weighted by molar-refractivity contribution is -0.135. The first-order valence-electron chi connectivity index (χ1n) is 23.3. The van der Waals surface area contributed by atoms with E-state index >= 15 is 0 Å². The lowest BCUT2D eigenvalue weighted by Gasteiger charge is -2.38. The van der Waals surface area contributed by atoms with Crippen LogP contribution < -0.4 is 9.47 Å². The minimum Gasteiger partial charge on any atom is -0.487 e. The molecule has 6 atom stereocenters. The lowest BCUT2D eigenvalue weighted by atomic mass is 9.83. The second-order valence-electron chi connectivity index (χ2n) is 19.0. The molecule has 0 spiro atoms. The number of rotatable bonds is 28. The molecule has 1 fully saturated rings. The minimum absolute atomic E-state index is 0.0365. The number of carbonyl (C=O) groups excluding carboxylic acids is 2. The van der Waals surface area contributed by atoms with Gasteiger partial charge in [0.2, 0.25) is 5.91 Å². The van der Waals surface area contributed by atoms with Gasteiger partial charge in [-0.25, -0.2) is 0 Å². The third-order valence-corrected chi connectivity index (χ3v) is 14.1. The van der Waals surface area contributed by atoms with Crippen LogP contribution in [0.15, 0.2) is 0 Å². The van der Waals surface area contributed by atoms with Crippen molar-refractivity contribution in [2.45, 2.75) is 215 Å². The van der Waals surface area contributed by atoms with Gasteiger partial charge in [0.1, 0.15) is 17.1 Å². The van der Waals surface area contributed by atoms with Gasteiger partial charge in [-0.2, -0.15) is 0 Å². The molecule has 1 saturated heterocycles. The highest BCUT2D eigenvalue weighted by Gasteiger charge is 2.36. The smallest absolute Gasteiger partial charge is 0.327 e. The van der Waals surface area contributed by atoms with Crippen molar-refractivity contribution in [1.29, 1.82) is 0 Å². The Bertz CT molecular complexity index is 1460. The number of benzene rings is 1. The molecule has 2 aliphatic heterocycles. The Hall–Kier alpha value is -1.93. The maximum atomic E-state index is 13.1. The Labute approximate surface area is 354 Å². The Morgan fingerprint density at radius 3 is 2.14 bits per heavy atom. The number of ether oxygens (including phenoxy) is 2. The number of β-amino-alcohol motifs (C(OH)–C–C–N with tert-alkyl or cyclic N) is 1. The van der Waals surface area contributed by atoms with Crippen LogP contribution in [0.5, 0.6) is 11.5 Å². The van der Waals surface area contributed by atoms with Crippen molar-refractivity contribution in [1.82, 2.24) is 4.90 Å². The van der Waals surface area contributed by atoms with Gasteiger partial charge in [0, 0.05) is 31.6 Å². The number of unbranched alkanes of at least 4 members (excludes halogenated alkanes) is 5. The summed E-state index contributed by atoms with van der Waals surface area (Å²) in [5.74, 6) is 3.80. The van der Waals surface area contributed by atoms with Crippen LogP contribution in [0.25, 0.3) is 0 Å². The molecule has 9 nitrogen and oxygen atoms in total. The van der Waals surface area contributed by atoms with Gasteiger partial charge in [-0.1, -0.05) is 105 Å². The van der Waals surface area contributed by atoms with E-state index in [2.05, 4.69) is 55.4 Å².